The van der Waals surface area contributed by atoms with Gasteiger partial charge >= 0.3 is 0 Å². The molecule has 0 bridgehead atoms. The van der Waals surface area contributed by atoms with E-state index in [-0.39, 0.29) is 0 Å². The summed E-state index contributed by atoms with van der Waals surface area (Å²) in [4.78, 5) is 11.6. The van der Waals surface area contributed by atoms with Crippen LogP contribution in [-0.4, -0.2) is 29.1 Å². The standard InChI is InChI=1S/C15H26N4/c1-11(2)16-8-14-9-17-15(18-13(14)4)19-7-5-6-12(3)10-19/h9,11-12,16H,5-8,10H2,1-4H3. The summed E-state index contributed by atoms with van der Waals surface area (Å²) in [6, 6.07) is 0.488. The molecule has 1 aromatic rings. The van der Waals surface area contributed by atoms with Crippen molar-refractivity contribution in [3.8, 4) is 0 Å². The first-order valence-corrected chi connectivity index (χ1v) is 7.37. The molecule has 106 valence electrons. The molecule has 0 amide bonds. The molecule has 2 rings (SSSR count). The maximum absolute atomic E-state index is 4.68. The predicted molar refractivity (Wildman–Crippen MR) is 79.4 cm³/mol. The lowest BCUT2D eigenvalue weighted by Crippen LogP contribution is -2.35. The minimum atomic E-state index is 0.488. The minimum Gasteiger partial charge on any atom is -0.341 e. The molecule has 19 heavy (non-hydrogen) atoms. The molecule has 4 nitrogen and oxygen atoms in total. The summed E-state index contributed by atoms with van der Waals surface area (Å²) in [6.45, 7) is 11.7. The molecule has 1 N–H and O–H groups in total. The largest absolute Gasteiger partial charge is 0.341 e. The topological polar surface area (TPSA) is 41.1 Å². The number of nitrogens with zero attached hydrogens (tertiary/aromatic N) is 3. The Balaban J connectivity index is 2.05. The van der Waals surface area contributed by atoms with E-state index in [0.29, 0.717) is 6.04 Å². The molecule has 1 aromatic heterocycles. The highest BCUT2D eigenvalue weighted by Gasteiger charge is 2.19. The van der Waals surface area contributed by atoms with Crippen molar-refractivity contribution in [1.82, 2.24) is 15.3 Å². The molecule has 0 aliphatic carbocycles. The van der Waals surface area contributed by atoms with Gasteiger partial charge in [0.05, 0.1) is 0 Å². The molecule has 2 heterocycles. The quantitative estimate of drug-likeness (QED) is 0.905. The highest BCUT2D eigenvalue weighted by molar-refractivity contribution is 5.33. The molecule has 1 saturated heterocycles. The number of aryl methyl sites for hydroxylation is 1. The molecule has 0 spiro atoms. The van der Waals surface area contributed by atoms with Gasteiger partial charge in [-0.25, -0.2) is 9.97 Å². The van der Waals surface area contributed by atoms with Crippen molar-refractivity contribution in [3.63, 3.8) is 0 Å². The molecule has 1 unspecified atom stereocenters. The maximum Gasteiger partial charge on any atom is 0.225 e. The summed E-state index contributed by atoms with van der Waals surface area (Å²) >= 11 is 0. The summed E-state index contributed by atoms with van der Waals surface area (Å²) in [5.41, 5.74) is 2.29. The van der Waals surface area contributed by atoms with Crippen LogP contribution in [0, 0.1) is 12.8 Å². The zero-order valence-corrected chi connectivity index (χ0v) is 12.6. The SMILES string of the molecule is Cc1nc(N2CCCC(C)C2)ncc1CNC(C)C. The van der Waals surface area contributed by atoms with Crippen LogP contribution in [0.4, 0.5) is 5.95 Å². The molecule has 1 aliphatic rings. The zero-order chi connectivity index (χ0) is 13.8. The normalized spacial score (nSPS) is 20.1. The molecule has 0 aromatic carbocycles. The molecule has 4 heteroatoms. The summed E-state index contributed by atoms with van der Waals surface area (Å²) in [6.07, 6.45) is 4.55. The third-order valence-corrected chi connectivity index (χ3v) is 3.71. The minimum absolute atomic E-state index is 0.488. The van der Waals surface area contributed by atoms with Gasteiger partial charge in [0.15, 0.2) is 0 Å². The molecular formula is C15H26N4. The highest BCUT2D eigenvalue weighted by atomic mass is 15.3. The highest BCUT2D eigenvalue weighted by Crippen LogP contribution is 2.20. The Labute approximate surface area is 116 Å². The maximum atomic E-state index is 4.68. The Morgan fingerprint density at radius 3 is 2.89 bits per heavy atom. The summed E-state index contributed by atoms with van der Waals surface area (Å²) < 4.78 is 0. The molecular weight excluding hydrogens is 236 g/mol. The molecule has 1 fully saturated rings. The second-order valence-electron chi connectivity index (χ2n) is 6.01. The smallest absolute Gasteiger partial charge is 0.225 e. The van der Waals surface area contributed by atoms with Crippen LogP contribution in [-0.2, 0) is 6.54 Å². The lowest BCUT2D eigenvalue weighted by atomic mass is 10.0. The van der Waals surface area contributed by atoms with Crippen molar-refractivity contribution in [2.24, 2.45) is 5.92 Å². The number of aromatic nitrogens is 2. The van der Waals surface area contributed by atoms with Crippen LogP contribution < -0.4 is 10.2 Å². The van der Waals surface area contributed by atoms with Gasteiger partial charge in [0, 0.05) is 43.1 Å². The van der Waals surface area contributed by atoms with Crippen molar-refractivity contribution in [1.29, 1.82) is 0 Å². The monoisotopic (exact) mass is 262 g/mol. The number of nitrogens with one attached hydrogen (secondary N) is 1. The Hall–Kier alpha value is -1.16. The fourth-order valence-electron chi connectivity index (χ4n) is 2.49. The van der Waals surface area contributed by atoms with Crippen molar-refractivity contribution >= 4 is 5.95 Å². The fraction of sp³-hybridized carbons (Fsp3) is 0.733. The van der Waals surface area contributed by atoms with E-state index in [9.17, 15) is 0 Å². The number of anilines is 1. The van der Waals surface area contributed by atoms with Crippen LogP contribution in [0.3, 0.4) is 0 Å². The van der Waals surface area contributed by atoms with Gasteiger partial charge in [-0.3, -0.25) is 0 Å². The van der Waals surface area contributed by atoms with E-state index >= 15 is 0 Å². The van der Waals surface area contributed by atoms with Gasteiger partial charge in [-0.1, -0.05) is 20.8 Å². The molecule has 0 saturated carbocycles. The van der Waals surface area contributed by atoms with Crippen molar-refractivity contribution < 1.29 is 0 Å². The van der Waals surface area contributed by atoms with E-state index in [0.717, 1.165) is 37.2 Å². The van der Waals surface area contributed by atoms with Gasteiger partial charge in [0.1, 0.15) is 0 Å². The van der Waals surface area contributed by atoms with E-state index in [1.165, 1.54) is 18.4 Å². The van der Waals surface area contributed by atoms with Crippen molar-refractivity contribution in [2.75, 3.05) is 18.0 Å². The summed E-state index contributed by atoms with van der Waals surface area (Å²) in [5.74, 6) is 1.65. The Morgan fingerprint density at radius 1 is 1.47 bits per heavy atom. The van der Waals surface area contributed by atoms with Crippen LogP contribution in [0.15, 0.2) is 6.20 Å². The molecule has 0 radical (unpaired) electrons. The third kappa shape index (κ3) is 3.90. The van der Waals surface area contributed by atoms with Crippen LogP contribution in [0.2, 0.25) is 0 Å². The van der Waals surface area contributed by atoms with E-state index in [1.807, 2.05) is 6.20 Å². The second-order valence-corrected chi connectivity index (χ2v) is 6.01. The van der Waals surface area contributed by atoms with Gasteiger partial charge in [-0.2, -0.15) is 0 Å². The average Bonchev–Trinajstić information content (AvgIpc) is 2.37. The number of hydrogen-bond donors (Lipinski definition) is 1. The Morgan fingerprint density at radius 2 is 2.26 bits per heavy atom. The Kier molecular flexibility index (Phi) is 4.75. The first kappa shape index (κ1) is 14.3. The van der Waals surface area contributed by atoms with Crippen molar-refractivity contribution in [2.45, 2.75) is 53.1 Å². The predicted octanol–water partition coefficient (Wildman–Crippen LogP) is 2.52. The molecule has 1 atom stereocenters. The molecule has 1 aliphatic heterocycles. The first-order chi connectivity index (χ1) is 9.06. The van der Waals surface area contributed by atoms with E-state index in [2.05, 4.69) is 47.9 Å². The van der Waals surface area contributed by atoms with E-state index < -0.39 is 0 Å². The van der Waals surface area contributed by atoms with Gasteiger partial charge in [0.2, 0.25) is 5.95 Å². The summed E-state index contributed by atoms with van der Waals surface area (Å²) in [5, 5.41) is 3.42. The first-order valence-electron chi connectivity index (χ1n) is 7.37. The van der Waals surface area contributed by atoms with E-state index in [1.54, 1.807) is 0 Å². The van der Waals surface area contributed by atoms with Gasteiger partial charge < -0.3 is 10.2 Å². The number of rotatable bonds is 4. The number of piperidine rings is 1. The van der Waals surface area contributed by atoms with Crippen LogP contribution in [0.1, 0.15) is 44.9 Å². The third-order valence-electron chi connectivity index (χ3n) is 3.71. The van der Waals surface area contributed by atoms with Crippen LogP contribution >= 0.6 is 0 Å². The van der Waals surface area contributed by atoms with Crippen LogP contribution in [0.5, 0.6) is 0 Å². The van der Waals surface area contributed by atoms with E-state index in [4.69, 9.17) is 0 Å². The average molecular weight is 262 g/mol. The lowest BCUT2D eigenvalue weighted by molar-refractivity contribution is 0.441. The van der Waals surface area contributed by atoms with Crippen LogP contribution in [0.25, 0.3) is 0 Å². The van der Waals surface area contributed by atoms with Crippen molar-refractivity contribution in [3.05, 3.63) is 17.5 Å². The fourth-order valence-corrected chi connectivity index (χ4v) is 2.49. The van der Waals surface area contributed by atoms with Gasteiger partial charge in [-0.05, 0) is 25.7 Å². The Bertz CT molecular complexity index is 417. The lowest BCUT2D eigenvalue weighted by Gasteiger charge is -2.31. The van der Waals surface area contributed by atoms with Gasteiger partial charge in [-0.15, -0.1) is 0 Å². The number of hydrogen-bond acceptors (Lipinski definition) is 4. The zero-order valence-electron chi connectivity index (χ0n) is 12.6. The summed E-state index contributed by atoms with van der Waals surface area (Å²) in [7, 11) is 0. The van der Waals surface area contributed by atoms with Gasteiger partial charge in [0.25, 0.3) is 0 Å². The second kappa shape index (κ2) is 6.33.